The third-order valence-corrected chi connectivity index (χ3v) is 4.45. The molecular weight excluding hydrogens is 250 g/mol. The van der Waals surface area contributed by atoms with Crippen LogP contribution >= 0.6 is 0 Å². The van der Waals surface area contributed by atoms with Gasteiger partial charge in [-0.2, -0.15) is 0 Å². The number of sulfonamides is 1. The minimum atomic E-state index is -3.45. The average molecular weight is 271 g/mol. The Kier molecular flexibility index (Phi) is 4.72. The van der Waals surface area contributed by atoms with Gasteiger partial charge in [-0.05, 0) is 36.1 Å². The Bertz CT molecular complexity index is 481. The molecule has 0 atom stereocenters. The molecule has 1 rings (SSSR count). The van der Waals surface area contributed by atoms with E-state index in [-0.39, 0.29) is 10.3 Å². The highest BCUT2D eigenvalue weighted by Gasteiger charge is 2.20. The van der Waals surface area contributed by atoms with Crippen molar-refractivity contribution in [3.63, 3.8) is 0 Å². The minimum absolute atomic E-state index is 0.0498. The standard InChI is InChI=1S/C12H21N3O2S/c1-4-12(2,3)9-14-18(16,17)11-7-5-10(15-13)6-8-11/h5-8,14-15H,4,9,13H2,1-3H3. The fourth-order valence-electron chi connectivity index (χ4n) is 1.23. The molecule has 0 saturated carbocycles. The quantitative estimate of drug-likeness (QED) is 0.543. The largest absolute Gasteiger partial charge is 0.324 e. The number of hydrazine groups is 1. The number of hydrogen-bond donors (Lipinski definition) is 3. The second-order valence-electron chi connectivity index (χ2n) is 5.01. The summed E-state index contributed by atoms with van der Waals surface area (Å²) in [7, 11) is -3.45. The summed E-state index contributed by atoms with van der Waals surface area (Å²) in [6.07, 6.45) is 0.908. The van der Waals surface area contributed by atoms with Crippen molar-refractivity contribution in [2.45, 2.75) is 32.1 Å². The number of benzene rings is 1. The van der Waals surface area contributed by atoms with E-state index < -0.39 is 10.0 Å². The van der Waals surface area contributed by atoms with Gasteiger partial charge in [-0.1, -0.05) is 20.8 Å². The summed E-state index contributed by atoms with van der Waals surface area (Å²) in [5, 5.41) is 0. The number of hydrogen-bond acceptors (Lipinski definition) is 4. The van der Waals surface area contributed by atoms with Gasteiger partial charge in [0.25, 0.3) is 0 Å². The van der Waals surface area contributed by atoms with Crippen molar-refractivity contribution in [3.05, 3.63) is 24.3 Å². The van der Waals surface area contributed by atoms with Gasteiger partial charge >= 0.3 is 0 Å². The molecule has 0 fully saturated rings. The van der Waals surface area contributed by atoms with Gasteiger partial charge in [-0.3, -0.25) is 5.84 Å². The van der Waals surface area contributed by atoms with E-state index >= 15 is 0 Å². The molecule has 0 unspecified atom stereocenters. The van der Waals surface area contributed by atoms with Crippen molar-refractivity contribution in [1.82, 2.24) is 4.72 Å². The second kappa shape index (κ2) is 5.69. The Morgan fingerprint density at radius 1 is 1.22 bits per heavy atom. The molecule has 0 aromatic heterocycles. The first-order chi connectivity index (χ1) is 8.30. The molecule has 0 spiro atoms. The number of nitrogens with one attached hydrogen (secondary N) is 2. The molecule has 0 saturated heterocycles. The highest BCUT2D eigenvalue weighted by molar-refractivity contribution is 7.89. The first-order valence-corrected chi connectivity index (χ1v) is 7.35. The summed E-state index contributed by atoms with van der Waals surface area (Å²) < 4.78 is 26.7. The maximum absolute atomic E-state index is 12.0. The molecule has 5 nitrogen and oxygen atoms in total. The maximum atomic E-state index is 12.0. The minimum Gasteiger partial charge on any atom is -0.324 e. The van der Waals surface area contributed by atoms with E-state index in [0.29, 0.717) is 12.2 Å². The molecule has 0 aliphatic carbocycles. The zero-order valence-electron chi connectivity index (χ0n) is 11.0. The molecule has 0 radical (unpaired) electrons. The van der Waals surface area contributed by atoms with E-state index in [1.165, 1.54) is 12.1 Å². The van der Waals surface area contributed by atoms with Gasteiger partial charge < -0.3 is 5.43 Å². The molecule has 0 aliphatic heterocycles. The molecule has 0 bridgehead atoms. The van der Waals surface area contributed by atoms with Crippen molar-refractivity contribution in [2.75, 3.05) is 12.0 Å². The Hall–Kier alpha value is -1.11. The zero-order valence-corrected chi connectivity index (χ0v) is 11.8. The zero-order chi connectivity index (χ0) is 13.8. The molecule has 18 heavy (non-hydrogen) atoms. The topological polar surface area (TPSA) is 84.2 Å². The summed E-state index contributed by atoms with van der Waals surface area (Å²) in [6.45, 7) is 6.51. The van der Waals surface area contributed by atoms with Crippen molar-refractivity contribution in [2.24, 2.45) is 11.3 Å². The summed E-state index contributed by atoms with van der Waals surface area (Å²) in [5.74, 6) is 5.23. The highest BCUT2D eigenvalue weighted by atomic mass is 32.2. The van der Waals surface area contributed by atoms with Crippen LogP contribution in [0.15, 0.2) is 29.2 Å². The molecule has 102 valence electrons. The average Bonchev–Trinajstić information content (AvgIpc) is 2.37. The van der Waals surface area contributed by atoms with Gasteiger partial charge in [0.05, 0.1) is 4.90 Å². The van der Waals surface area contributed by atoms with Crippen molar-refractivity contribution >= 4 is 15.7 Å². The molecule has 4 N–H and O–H groups in total. The molecule has 0 aliphatic rings. The van der Waals surface area contributed by atoms with Gasteiger partial charge in [0.2, 0.25) is 10.0 Å². The van der Waals surface area contributed by atoms with Crippen LogP contribution in [0, 0.1) is 5.41 Å². The lowest BCUT2D eigenvalue weighted by Gasteiger charge is -2.22. The number of anilines is 1. The van der Waals surface area contributed by atoms with E-state index in [0.717, 1.165) is 6.42 Å². The van der Waals surface area contributed by atoms with Crippen molar-refractivity contribution in [1.29, 1.82) is 0 Å². The highest BCUT2D eigenvalue weighted by Crippen LogP contribution is 2.19. The molecule has 0 heterocycles. The van der Waals surface area contributed by atoms with E-state index in [1.54, 1.807) is 12.1 Å². The van der Waals surface area contributed by atoms with Crippen LogP contribution in [0.25, 0.3) is 0 Å². The first-order valence-electron chi connectivity index (χ1n) is 5.87. The van der Waals surface area contributed by atoms with Gasteiger partial charge in [-0.15, -0.1) is 0 Å². The molecule has 1 aromatic rings. The number of rotatable bonds is 6. The predicted octanol–water partition coefficient (Wildman–Crippen LogP) is 1.69. The van der Waals surface area contributed by atoms with Crippen LogP contribution < -0.4 is 16.0 Å². The third kappa shape index (κ3) is 3.97. The second-order valence-corrected chi connectivity index (χ2v) is 6.78. The van der Waals surface area contributed by atoms with Crippen LogP contribution in [-0.2, 0) is 10.0 Å². The lowest BCUT2D eigenvalue weighted by atomic mass is 9.91. The molecule has 6 heteroatoms. The van der Waals surface area contributed by atoms with Crippen LogP contribution in [0.3, 0.4) is 0 Å². The van der Waals surface area contributed by atoms with E-state index in [9.17, 15) is 8.42 Å². The van der Waals surface area contributed by atoms with Crippen molar-refractivity contribution < 1.29 is 8.42 Å². The third-order valence-electron chi connectivity index (χ3n) is 3.03. The number of nitrogens with two attached hydrogens (primary N) is 1. The fourth-order valence-corrected chi connectivity index (χ4v) is 2.47. The fraction of sp³-hybridized carbons (Fsp3) is 0.500. The van der Waals surface area contributed by atoms with Gasteiger partial charge in [0.15, 0.2) is 0 Å². The smallest absolute Gasteiger partial charge is 0.240 e. The van der Waals surface area contributed by atoms with E-state index in [2.05, 4.69) is 10.1 Å². The molecule has 0 amide bonds. The first kappa shape index (κ1) is 14.9. The summed E-state index contributed by atoms with van der Waals surface area (Å²) >= 11 is 0. The van der Waals surface area contributed by atoms with Gasteiger partial charge in [0, 0.05) is 12.2 Å². The van der Waals surface area contributed by atoms with Gasteiger partial charge in [0.1, 0.15) is 0 Å². The SMILES string of the molecule is CCC(C)(C)CNS(=O)(=O)c1ccc(NN)cc1. The van der Waals surface area contributed by atoms with E-state index in [1.807, 2.05) is 20.8 Å². The monoisotopic (exact) mass is 271 g/mol. The maximum Gasteiger partial charge on any atom is 0.240 e. The summed E-state index contributed by atoms with van der Waals surface area (Å²) in [5.41, 5.74) is 3.08. The van der Waals surface area contributed by atoms with Crippen LogP contribution in [0.1, 0.15) is 27.2 Å². The van der Waals surface area contributed by atoms with Gasteiger partial charge in [-0.25, -0.2) is 13.1 Å². The van der Waals surface area contributed by atoms with Crippen molar-refractivity contribution in [3.8, 4) is 0 Å². The Labute approximate surface area is 109 Å². The van der Waals surface area contributed by atoms with Crippen LogP contribution in [0.4, 0.5) is 5.69 Å². The van der Waals surface area contributed by atoms with Crippen LogP contribution in [0.2, 0.25) is 0 Å². The molecular formula is C12H21N3O2S. The normalized spacial score (nSPS) is 12.4. The predicted molar refractivity (Wildman–Crippen MR) is 73.5 cm³/mol. The van der Waals surface area contributed by atoms with Crippen LogP contribution in [-0.4, -0.2) is 15.0 Å². The van der Waals surface area contributed by atoms with Crippen LogP contribution in [0.5, 0.6) is 0 Å². The number of nitrogen functional groups attached to an aromatic ring is 1. The summed E-state index contributed by atoms with van der Waals surface area (Å²) in [6, 6.07) is 6.30. The summed E-state index contributed by atoms with van der Waals surface area (Å²) in [4.78, 5) is 0.244. The Balaban J connectivity index is 2.80. The lowest BCUT2D eigenvalue weighted by molar-refractivity contribution is 0.350. The molecule has 1 aromatic carbocycles. The van der Waals surface area contributed by atoms with E-state index in [4.69, 9.17) is 5.84 Å². The Morgan fingerprint density at radius 2 is 1.78 bits per heavy atom. The Morgan fingerprint density at radius 3 is 2.22 bits per heavy atom. The lowest BCUT2D eigenvalue weighted by Crippen LogP contribution is -2.33.